The van der Waals surface area contributed by atoms with Gasteiger partial charge in [-0.15, -0.1) is 0 Å². The number of rotatable bonds is 6. The third kappa shape index (κ3) is 5.11. The lowest BCUT2D eigenvalue weighted by Crippen LogP contribution is -2.40. The molecule has 4 rings (SSSR count). The molecule has 8 nitrogen and oxygen atoms in total. The minimum atomic E-state index is -3.76. The first kappa shape index (κ1) is 24.2. The van der Waals surface area contributed by atoms with E-state index in [1.165, 1.54) is 27.8 Å². The molecule has 180 valence electrons. The zero-order valence-corrected chi connectivity index (χ0v) is 20.1. The molecule has 0 saturated carbocycles. The van der Waals surface area contributed by atoms with Gasteiger partial charge >= 0.3 is 5.97 Å². The molecule has 34 heavy (non-hydrogen) atoms. The van der Waals surface area contributed by atoms with E-state index in [1.807, 2.05) is 24.3 Å². The summed E-state index contributed by atoms with van der Waals surface area (Å²) >= 11 is 1.31. The van der Waals surface area contributed by atoms with Crippen molar-refractivity contribution in [3.05, 3.63) is 59.1 Å². The Hall–Kier alpha value is -2.89. The SMILES string of the molecule is CCOC(=O)Cn1c(=NC(=O)C2CCN(S(=O)(=O)c3ccc(F)cc3)CC2)sc2ccccc21. The maximum absolute atomic E-state index is 13.2. The van der Waals surface area contributed by atoms with Crippen LogP contribution in [0.2, 0.25) is 0 Å². The Labute approximate surface area is 200 Å². The summed E-state index contributed by atoms with van der Waals surface area (Å²) in [5.74, 6) is -1.70. The number of halogens is 1. The van der Waals surface area contributed by atoms with Crippen LogP contribution in [-0.4, -0.2) is 48.9 Å². The van der Waals surface area contributed by atoms with Gasteiger partial charge in [-0.05, 0) is 56.2 Å². The second-order valence-electron chi connectivity index (χ2n) is 7.83. The highest BCUT2D eigenvalue weighted by Gasteiger charge is 2.32. The molecular formula is C23H24FN3O5S2. The van der Waals surface area contributed by atoms with Crippen molar-refractivity contribution in [2.45, 2.75) is 31.2 Å². The van der Waals surface area contributed by atoms with Crippen LogP contribution in [0.5, 0.6) is 0 Å². The molecule has 2 aromatic carbocycles. The van der Waals surface area contributed by atoms with Crippen LogP contribution in [0.3, 0.4) is 0 Å². The van der Waals surface area contributed by atoms with Crippen LogP contribution in [0.1, 0.15) is 19.8 Å². The number of ether oxygens (including phenoxy) is 1. The van der Waals surface area contributed by atoms with Gasteiger partial charge in [0.15, 0.2) is 4.80 Å². The Morgan fingerprint density at radius 2 is 1.79 bits per heavy atom. The van der Waals surface area contributed by atoms with E-state index < -0.39 is 27.7 Å². The first-order valence-electron chi connectivity index (χ1n) is 10.9. The number of carbonyl (C=O) groups excluding carboxylic acids is 2. The van der Waals surface area contributed by atoms with Crippen molar-refractivity contribution >= 4 is 43.5 Å². The quantitative estimate of drug-likeness (QED) is 0.480. The Kier molecular flexibility index (Phi) is 7.24. The molecular weight excluding hydrogens is 481 g/mol. The summed E-state index contributed by atoms with van der Waals surface area (Å²) < 4.78 is 47.7. The number of amides is 1. The number of thiazole rings is 1. The second-order valence-corrected chi connectivity index (χ2v) is 10.8. The lowest BCUT2D eigenvalue weighted by Gasteiger charge is -2.29. The zero-order chi connectivity index (χ0) is 24.3. The Balaban J connectivity index is 1.52. The highest BCUT2D eigenvalue weighted by Crippen LogP contribution is 2.25. The van der Waals surface area contributed by atoms with Gasteiger partial charge in [0.25, 0.3) is 5.91 Å². The lowest BCUT2D eigenvalue weighted by atomic mass is 9.98. The second kappa shape index (κ2) is 10.2. The molecule has 0 bridgehead atoms. The van der Waals surface area contributed by atoms with Crippen LogP contribution in [0.4, 0.5) is 4.39 Å². The third-order valence-electron chi connectivity index (χ3n) is 5.64. The number of carbonyl (C=O) groups is 2. The smallest absolute Gasteiger partial charge is 0.326 e. The number of hydrogen-bond acceptors (Lipinski definition) is 6. The number of para-hydroxylation sites is 1. The largest absolute Gasteiger partial charge is 0.465 e. The van der Waals surface area contributed by atoms with Gasteiger partial charge in [0.2, 0.25) is 10.0 Å². The van der Waals surface area contributed by atoms with Crippen LogP contribution in [-0.2, 0) is 30.9 Å². The van der Waals surface area contributed by atoms with Crippen LogP contribution in [0.25, 0.3) is 10.2 Å². The number of hydrogen-bond donors (Lipinski definition) is 0. The molecule has 1 fully saturated rings. The van der Waals surface area contributed by atoms with E-state index in [4.69, 9.17) is 4.74 Å². The molecule has 0 atom stereocenters. The topological polar surface area (TPSA) is 98.0 Å². The van der Waals surface area contributed by atoms with Gasteiger partial charge in [0.1, 0.15) is 12.4 Å². The number of benzene rings is 2. The highest BCUT2D eigenvalue weighted by molar-refractivity contribution is 7.89. The number of piperidine rings is 1. The molecule has 0 spiro atoms. The van der Waals surface area contributed by atoms with Crippen LogP contribution in [0, 0.1) is 11.7 Å². The van der Waals surface area contributed by atoms with Crippen molar-refractivity contribution in [3.63, 3.8) is 0 Å². The number of esters is 1. The molecule has 1 amide bonds. The minimum Gasteiger partial charge on any atom is -0.465 e. The summed E-state index contributed by atoms with van der Waals surface area (Å²) in [5, 5.41) is 0. The predicted molar refractivity (Wildman–Crippen MR) is 125 cm³/mol. The molecule has 1 aliphatic rings. The summed E-state index contributed by atoms with van der Waals surface area (Å²) in [4.78, 5) is 29.8. The van der Waals surface area contributed by atoms with Crippen molar-refractivity contribution in [3.8, 4) is 0 Å². The first-order valence-corrected chi connectivity index (χ1v) is 13.1. The van der Waals surface area contributed by atoms with Gasteiger partial charge in [-0.2, -0.15) is 9.30 Å². The van der Waals surface area contributed by atoms with Gasteiger partial charge in [-0.1, -0.05) is 23.5 Å². The molecule has 11 heteroatoms. The normalized spacial score (nSPS) is 16.1. The average Bonchev–Trinajstić information content (AvgIpc) is 3.16. The number of sulfonamides is 1. The minimum absolute atomic E-state index is 0.0219. The maximum atomic E-state index is 13.2. The molecule has 3 aromatic rings. The van der Waals surface area contributed by atoms with Crippen LogP contribution < -0.4 is 4.80 Å². The summed E-state index contributed by atoms with van der Waals surface area (Å²) in [6, 6.07) is 12.2. The average molecular weight is 506 g/mol. The van der Waals surface area contributed by atoms with Crippen LogP contribution in [0.15, 0.2) is 58.4 Å². The van der Waals surface area contributed by atoms with Gasteiger partial charge in [0.05, 0.1) is 21.7 Å². The van der Waals surface area contributed by atoms with Crippen molar-refractivity contribution in [1.82, 2.24) is 8.87 Å². The van der Waals surface area contributed by atoms with Crippen molar-refractivity contribution in [1.29, 1.82) is 0 Å². The molecule has 0 unspecified atom stereocenters. The molecule has 0 aliphatic carbocycles. The molecule has 0 radical (unpaired) electrons. The summed E-state index contributed by atoms with van der Waals surface area (Å²) in [7, 11) is -3.76. The zero-order valence-electron chi connectivity index (χ0n) is 18.5. The molecule has 0 N–H and O–H groups in total. The third-order valence-corrected chi connectivity index (χ3v) is 8.61. The molecule has 2 heterocycles. The van der Waals surface area contributed by atoms with E-state index in [9.17, 15) is 22.4 Å². The van der Waals surface area contributed by atoms with Crippen molar-refractivity contribution in [2.24, 2.45) is 10.9 Å². The van der Waals surface area contributed by atoms with Gasteiger partial charge in [-0.25, -0.2) is 12.8 Å². The van der Waals surface area contributed by atoms with Crippen LogP contribution >= 0.6 is 11.3 Å². The molecule has 1 saturated heterocycles. The molecule has 1 aromatic heterocycles. The van der Waals surface area contributed by atoms with Gasteiger partial charge in [0, 0.05) is 19.0 Å². The Morgan fingerprint density at radius 3 is 2.47 bits per heavy atom. The predicted octanol–water partition coefficient (Wildman–Crippen LogP) is 2.93. The summed E-state index contributed by atoms with van der Waals surface area (Å²) in [6.07, 6.45) is 0.650. The molecule has 1 aliphatic heterocycles. The standard InChI is InChI=1S/C23H24FN3O5S2/c1-2-32-21(28)15-27-19-5-3-4-6-20(19)33-23(27)25-22(29)16-11-13-26(14-12-16)34(30,31)18-9-7-17(24)8-10-18/h3-10,16H,2,11-15H2,1H3. The fraction of sp³-hybridized carbons (Fsp3) is 0.348. The fourth-order valence-corrected chi connectivity index (χ4v) is 6.38. The number of nitrogens with zero attached hydrogens (tertiary/aromatic N) is 3. The van der Waals surface area contributed by atoms with Gasteiger partial charge in [-0.3, -0.25) is 9.59 Å². The van der Waals surface area contributed by atoms with Gasteiger partial charge < -0.3 is 9.30 Å². The van der Waals surface area contributed by atoms with Crippen molar-refractivity contribution in [2.75, 3.05) is 19.7 Å². The van der Waals surface area contributed by atoms with E-state index in [-0.39, 0.29) is 37.0 Å². The monoisotopic (exact) mass is 505 g/mol. The van der Waals surface area contributed by atoms with Crippen molar-refractivity contribution < 1.29 is 27.1 Å². The Bertz CT molecular complexity index is 1370. The number of aromatic nitrogens is 1. The Morgan fingerprint density at radius 1 is 1.12 bits per heavy atom. The van der Waals surface area contributed by atoms with E-state index in [0.29, 0.717) is 17.6 Å². The summed E-state index contributed by atoms with van der Waals surface area (Å²) in [6.45, 7) is 2.26. The summed E-state index contributed by atoms with van der Waals surface area (Å²) in [5.41, 5.74) is 0.785. The lowest BCUT2D eigenvalue weighted by molar-refractivity contribution is -0.143. The van der Waals surface area contributed by atoms with E-state index in [0.717, 1.165) is 22.3 Å². The number of fused-ring (bicyclic) bond motifs is 1. The van der Waals surface area contributed by atoms with E-state index >= 15 is 0 Å². The first-order chi connectivity index (χ1) is 16.3. The van der Waals surface area contributed by atoms with E-state index in [1.54, 1.807) is 11.5 Å². The van der Waals surface area contributed by atoms with E-state index in [2.05, 4.69) is 4.99 Å². The maximum Gasteiger partial charge on any atom is 0.326 e. The fourth-order valence-electron chi connectivity index (χ4n) is 3.88. The highest BCUT2D eigenvalue weighted by atomic mass is 32.2.